The van der Waals surface area contributed by atoms with Crippen LogP contribution in [0.25, 0.3) is 0 Å². The van der Waals surface area contributed by atoms with Crippen molar-refractivity contribution in [1.82, 2.24) is 10.2 Å². The van der Waals surface area contributed by atoms with Crippen LogP contribution in [0.2, 0.25) is 0 Å². The van der Waals surface area contributed by atoms with E-state index in [-0.39, 0.29) is 18.5 Å². The zero-order valence-electron chi connectivity index (χ0n) is 10.3. The number of rotatable bonds is 5. The number of carbonyl (C=O) groups excluding carboxylic acids is 1. The van der Waals surface area contributed by atoms with E-state index in [4.69, 9.17) is 9.84 Å². The maximum Gasteiger partial charge on any atom is 0.334 e. The number of carboxylic acid groups (broad SMARTS) is 1. The van der Waals surface area contributed by atoms with Crippen LogP contribution in [0, 0.1) is 0 Å². The summed E-state index contributed by atoms with van der Waals surface area (Å²) in [5.74, 6) is -1.03. The van der Waals surface area contributed by atoms with Gasteiger partial charge in [0.05, 0.1) is 12.6 Å². The Hall–Kier alpha value is -1.14. The molecule has 2 atom stereocenters. The smallest absolute Gasteiger partial charge is 0.334 e. The number of amides is 1. The molecular weight excluding hydrogens is 224 g/mol. The Morgan fingerprint density at radius 2 is 2.29 bits per heavy atom. The third kappa shape index (κ3) is 3.98. The second-order valence-electron chi connectivity index (χ2n) is 4.16. The number of carbonyl (C=O) groups is 2. The fourth-order valence-corrected chi connectivity index (χ4v) is 1.73. The van der Waals surface area contributed by atoms with Crippen LogP contribution in [0.4, 0.5) is 0 Å². The molecular formula is C11H20N2O4. The van der Waals surface area contributed by atoms with Gasteiger partial charge in [-0.1, -0.05) is 6.92 Å². The van der Waals surface area contributed by atoms with E-state index < -0.39 is 12.1 Å². The minimum atomic E-state index is -0.976. The van der Waals surface area contributed by atoms with Crippen LogP contribution in [-0.2, 0) is 14.3 Å². The van der Waals surface area contributed by atoms with Crippen molar-refractivity contribution >= 4 is 11.9 Å². The molecule has 0 aromatic carbocycles. The Kier molecular flexibility index (Phi) is 5.37. The van der Waals surface area contributed by atoms with Crippen molar-refractivity contribution in [2.24, 2.45) is 0 Å². The van der Waals surface area contributed by atoms with Gasteiger partial charge in [0.25, 0.3) is 0 Å². The number of aliphatic carboxylic acids is 1. The van der Waals surface area contributed by atoms with Gasteiger partial charge in [-0.05, 0) is 13.3 Å². The average molecular weight is 244 g/mol. The largest absolute Gasteiger partial charge is 0.479 e. The van der Waals surface area contributed by atoms with Gasteiger partial charge in [-0.3, -0.25) is 9.69 Å². The van der Waals surface area contributed by atoms with Crippen LogP contribution < -0.4 is 5.32 Å². The second-order valence-corrected chi connectivity index (χ2v) is 4.16. The van der Waals surface area contributed by atoms with Gasteiger partial charge in [0, 0.05) is 19.6 Å². The molecule has 0 aromatic rings. The summed E-state index contributed by atoms with van der Waals surface area (Å²) in [5.41, 5.74) is 0. The summed E-state index contributed by atoms with van der Waals surface area (Å²) in [7, 11) is 0. The molecule has 1 fully saturated rings. The number of ether oxygens (including phenoxy) is 1. The predicted molar refractivity (Wildman–Crippen MR) is 61.7 cm³/mol. The van der Waals surface area contributed by atoms with E-state index >= 15 is 0 Å². The van der Waals surface area contributed by atoms with Crippen LogP contribution >= 0.6 is 0 Å². The Balaban J connectivity index is 2.48. The highest BCUT2D eigenvalue weighted by atomic mass is 16.5. The lowest BCUT2D eigenvalue weighted by atomic mass is 10.2. The predicted octanol–water partition coefficient (Wildman–Crippen LogP) is -0.313. The molecule has 6 heteroatoms. The zero-order chi connectivity index (χ0) is 12.8. The van der Waals surface area contributed by atoms with Crippen LogP contribution in [0.1, 0.15) is 20.3 Å². The summed E-state index contributed by atoms with van der Waals surface area (Å²) in [4.78, 5) is 24.4. The SMILES string of the molecule is CCCNC(=O)C(C)N1CCOC(C(=O)O)C1. The molecule has 1 amide bonds. The fraction of sp³-hybridized carbons (Fsp3) is 0.818. The summed E-state index contributed by atoms with van der Waals surface area (Å²) < 4.78 is 5.11. The summed E-state index contributed by atoms with van der Waals surface area (Å²) in [6.07, 6.45) is 0.0597. The van der Waals surface area contributed by atoms with Crippen LogP contribution in [0.5, 0.6) is 0 Å². The molecule has 0 aliphatic carbocycles. The van der Waals surface area contributed by atoms with Gasteiger partial charge in [-0.25, -0.2) is 4.79 Å². The molecule has 1 rings (SSSR count). The first-order chi connectivity index (χ1) is 8.06. The van der Waals surface area contributed by atoms with Gasteiger partial charge in [0.1, 0.15) is 0 Å². The molecule has 2 unspecified atom stereocenters. The topological polar surface area (TPSA) is 78.9 Å². The molecule has 0 bridgehead atoms. The first kappa shape index (κ1) is 13.9. The van der Waals surface area contributed by atoms with Gasteiger partial charge in [-0.15, -0.1) is 0 Å². The summed E-state index contributed by atoms with van der Waals surface area (Å²) in [5, 5.41) is 11.7. The first-order valence-electron chi connectivity index (χ1n) is 5.92. The Bertz CT molecular complexity index is 283. The van der Waals surface area contributed by atoms with Gasteiger partial charge in [0.15, 0.2) is 6.10 Å². The van der Waals surface area contributed by atoms with Gasteiger partial charge in [0.2, 0.25) is 5.91 Å². The van der Waals surface area contributed by atoms with Crippen molar-refractivity contribution in [1.29, 1.82) is 0 Å². The molecule has 98 valence electrons. The van der Waals surface area contributed by atoms with E-state index in [2.05, 4.69) is 5.32 Å². The van der Waals surface area contributed by atoms with Crippen LogP contribution in [0.3, 0.4) is 0 Å². The lowest BCUT2D eigenvalue weighted by molar-refractivity contribution is -0.158. The Labute approximate surface area is 101 Å². The molecule has 0 aromatic heterocycles. The Morgan fingerprint density at radius 3 is 2.88 bits per heavy atom. The maximum absolute atomic E-state index is 11.7. The molecule has 1 aliphatic heterocycles. The van der Waals surface area contributed by atoms with E-state index in [0.29, 0.717) is 19.7 Å². The third-order valence-electron chi connectivity index (χ3n) is 2.85. The van der Waals surface area contributed by atoms with Gasteiger partial charge >= 0.3 is 5.97 Å². The van der Waals surface area contributed by atoms with Crippen molar-refractivity contribution in [2.75, 3.05) is 26.2 Å². The van der Waals surface area contributed by atoms with Gasteiger partial charge in [-0.2, -0.15) is 0 Å². The Morgan fingerprint density at radius 1 is 1.59 bits per heavy atom. The van der Waals surface area contributed by atoms with Crippen molar-refractivity contribution in [2.45, 2.75) is 32.4 Å². The summed E-state index contributed by atoms with van der Waals surface area (Å²) in [6, 6.07) is -0.313. The maximum atomic E-state index is 11.7. The van der Waals surface area contributed by atoms with E-state index in [1.807, 2.05) is 11.8 Å². The number of carboxylic acids is 1. The highest BCUT2D eigenvalue weighted by Gasteiger charge is 2.31. The molecule has 0 radical (unpaired) electrons. The summed E-state index contributed by atoms with van der Waals surface area (Å²) in [6.45, 7) is 5.62. The standard InChI is InChI=1S/C11H20N2O4/c1-3-4-12-10(14)8(2)13-5-6-17-9(7-13)11(15)16/h8-9H,3-7H2,1-2H3,(H,12,14)(H,15,16). The van der Waals surface area contributed by atoms with E-state index in [0.717, 1.165) is 6.42 Å². The lowest BCUT2D eigenvalue weighted by Gasteiger charge is -2.34. The minimum absolute atomic E-state index is 0.0575. The normalized spacial score (nSPS) is 23.1. The van der Waals surface area contributed by atoms with Gasteiger partial charge < -0.3 is 15.2 Å². The molecule has 1 saturated heterocycles. The molecule has 1 heterocycles. The number of morpholine rings is 1. The van der Waals surface area contributed by atoms with Crippen molar-refractivity contribution < 1.29 is 19.4 Å². The van der Waals surface area contributed by atoms with Crippen LogP contribution in [-0.4, -0.2) is 60.3 Å². The number of nitrogens with one attached hydrogen (secondary N) is 1. The molecule has 17 heavy (non-hydrogen) atoms. The minimum Gasteiger partial charge on any atom is -0.479 e. The highest BCUT2D eigenvalue weighted by Crippen LogP contribution is 2.09. The fourth-order valence-electron chi connectivity index (χ4n) is 1.73. The third-order valence-corrected chi connectivity index (χ3v) is 2.85. The van der Waals surface area contributed by atoms with Crippen molar-refractivity contribution in [3.05, 3.63) is 0 Å². The number of nitrogens with zero attached hydrogens (tertiary/aromatic N) is 1. The van der Waals surface area contributed by atoms with Crippen LogP contribution in [0.15, 0.2) is 0 Å². The zero-order valence-corrected chi connectivity index (χ0v) is 10.3. The summed E-state index contributed by atoms with van der Waals surface area (Å²) >= 11 is 0. The molecule has 1 aliphatic rings. The molecule has 0 saturated carbocycles. The molecule has 2 N–H and O–H groups in total. The second kappa shape index (κ2) is 6.56. The average Bonchev–Trinajstić information content (AvgIpc) is 2.35. The van der Waals surface area contributed by atoms with E-state index in [1.165, 1.54) is 0 Å². The molecule has 6 nitrogen and oxygen atoms in total. The quantitative estimate of drug-likeness (QED) is 0.693. The first-order valence-corrected chi connectivity index (χ1v) is 5.92. The molecule has 0 spiro atoms. The van der Waals surface area contributed by atoms with E-state index in [1.54, 1.807) is 6.92 Å². The van der Waals surface area contributed by atoms with E-state index in [9.17, 15) is 9.59 Å². The number of hydrogen-bond acceptors (Lipinski definition) is 4. The number of hydrogen-bond donors (Lipinski definition) is 2. The van der Waals surface area contributed by atoms with Crippen molar-refractivity contribution in [3.8, 4) is 0 Å². The lowest BCUT2D eigenvalue weighted by Crippen LogP contribution is -2.54. The monoisotopic (exact) mass is 244 g/mol. The van der Waals surface area contributed by atoms with Crippen molar-refractivity contribution in [3.63, 3.8) is 0 Å². The highest BCUT2D eigenvalue weighted by molar-refractivity contribution is 5.81.